The van der Waals surface area contributed by atoms with Gasteiger partial charge in [-0.05, 0) is 19.1 Å². The predicted octanol–water partition coefficient (Wildman–Crippen LogP) is 4.03. The molecule has 1 aromatic rings. The normalized spacial score (nSPS) is 11.5. The maximum absolute atomic E-state index is 13.5. The molecule has 1 aromatic carbocycles. The number of methoxy groups -OCH3 is 1. The molecule has 0 aliphatic carbocycles. The van der Waals surface area contributed by atoms with Crippen LogP contribution in [0.2, 0.25) is 5.02 Å². The second kappa shape index (κ2) is 6.97. The number of carbonyl (C=O) groups excluding carboxylic acids is 1. The van der Waals surface area contributed by atoms with Crippen molar-refractivity contribution >= 4 is 51.8 Å². The molecular formula is C11H10Cl2FNO2S. The van der Waals surface area contributed by atoms with Gasteiger partial charge in [0, 0.05) is 4.90 Å². The number of benzene rings is 1. The van der Waals surface area contributed by atoms with Gasteiger partial charge in [-0.2, -0.15) is 0 Å². The lowest BCUT2D eigenvalue weighted by Gasteiger charge is -2.06. The summed E-state index contributed by atoms with van der Waals surface area (Å²) in [6.45, 7) is 1.54. The second-order valence-electron chi connectivity index (χ2n) is 3.21. The van der Waals surface area contributed by atoms with Crippen LogP contribution in [0, 0.1) is 5.82 Å². The molecule has 1 rings (SSSR count). The summed E-state index contributed by atoms with van der Waals surface area (Å²) in [7, 11) is 1.29. The number of hydrogen-bond acceptors (Lipinski definition) is 4. The number of halogens is 3. The summed E-state index contributed by atoms with van der Waals surface area (Å²) in [5, 5.41) is 0.424. The first-order valence-electron chi connectivity index (χ1n) is 4.83. The molecular weight excluding hydrogens is 300 g/mol. The number of hydrogen-bond donors (Lipinski definition) is 0. The lowest BCUT2D eigenvalue weighted by molar-refractivity contribution is -0.137. The van der Waals surface area contributed by atoms with Gasteiger partial charge in [0.25, 0.3) is 0 Å². The van der Waals surface area contributed by atoms with Crippen LogP contribution in [0.3, 0.4) is 0 Å². The summed E-state index contributed by atoms with van der Waals surface area (Å²) < 4.78 is 18.0. The number of esters is 1. The molecule has 0 unspecified atom stereocenters. The van der Waals surface area contributed by atoms with Gasteiger partial charge in [0.2, 0.25) is 0 Å². The molecule has 0 bridgehead atoms. The number of rotatable bonds is 4. The molecule has 0 atom stereocenters. The standard InChI is InChI=1S/C11H10Cl2FNO2S/c1-6(12)15-9-4-10(7(13)3-8(9)14)18-5-11(16)17-2/h3-4H,5H2,1-2H3. The maximum Gasteiger partial charge on any atom is 0.315 e. The van der Waals surface area contributed by atoms with E-state index in [1.165, 1.54) is 20.1 Å². The van der Waals surface area contributed by atoms with Crippen molar-refractivity contribution < 1.29 is 13.9 Å². The highest BCUT2D eigenvalue weighted by molar-refractivity contribution is 8.00. The minimum Gasteiger partial charge on any atom is -0.468 e. The lowest BCUT2D eigenvalue weighted by atomic mass is 10.3. The first-order valence-corrected chi connectivity index (χ1v) is 6.57. The molecule has 3 nitrogen and oxygen atoms in total. The van der Waals surface area contributed by atoms with Crippen molar-refractivity contribution in [3.63, 3.8) is 0 Å². The Hall–Kier alpha value is -0.780. The quantitative estimate of drug-likeness (QED) is 0.479. The number of aliphatic imine (C=N–C) groups is 1. The van der Waals surface area contributed by atoms with Crippen LogP contribution in [-0.4, -0.2) is 24.0 Å². The van der Waals surface area contributed by atoms with E-state index in [2.05, 4.69) is 9.73 Å². The van der Waals surface area contributed by atoms with Crippen LogP contribution < -0.4 is 0 Å². The van der Waals surface area contributed by atoms with Crippen molar-refractivity contribution in [2.75, 3.05) is 12.9 Å². The third-order valence-electron chi connectivity index (χ3n) is 1.85. The molecule has 0 amide bonds. The van der Waals surface area contributed by atoms with Gasteiger partial charge < -0.3 is 4.74 Å². The van der Waals surface area contributed by atoms with E-state index >= 15 is 0 Å². The van der Waals surface area contributed by atoms with Crippen LogP contribution in [0.5, 0.6) is 0 Å². The van der Waals surface area contributed by atoms with Crippen molar-refractivity contribution in [3.05, 3.63) is 23.0 Å². The number of carbonyl (C=O) groups is 1. The Labute approximate surface area is 118 Å². The third-order valence-corrected chi connectivity index (χ3v) is 3.39. The Kier molecular flexibility index (Phi) is 5.91. The zero-order chi connectivity index (χ0) is 13.7. The highest BCUT2D eigenvalue weighted by Gasteiger charge is 2.11. The summed E-state index contributed by atoms with van der Waals surface area (Å²) >= 11 is 12.6. The van der Waals surface area contributed by atoms with Crippen LogP contribution >= 0.6 is 35.0 Å². The topological polar surface area (TPSA) is 38.7 Å². The fraction of sp³-hybridized carbons (Fsp3) is 0.273. The van der Waals surface area contributed by atoms with Crippen molar-refractivity contribution in [2.45, 2.75) is 11.8 Å². The van der Waals surface area contributed by atoms with Gasteiger partial charge in [-0.25, -0.2) is 9.38 Å². The van der Waals surface area contributed by atoms with Crippen molar-refractivity contribution in [2.24, 2.45) is 4.99 Å². The average molecular weight is 310 g/mol. The molecule has 0 aliphatic heterocycles. The van der Waals surface area contributed by atoms with E-state index in [0.717, 1.165) is 17.8 Å². The van der Waals surface area contributed by atoms with Gasteiger partial charge in [0.15, 0.2) is 0 Å². The van der Waals surface area contributed by atoms with Gasteiger partial charge in [-0.15, -0.1) is 11.8 Å². The van der Waals surface area contributed by atoms with Crippen molar-refractivity contribution in [1.82, 2.24) is 0 Å². The predicted molar refractivity (Wildman–Crippen MR) is 72.8 cm³/mol. The van der Waals surface area contributed by atoms with Crippen LogP contribution in [0.15, 0.2) is 22.0 Å². The fourth-order valence-electron chi connectivity index (χ4n) is 1.08. The smallest absolute Gasteiger partial charge is 0.315 e. The maximum atomic E-state index is 13.5. The van der Waals surface area contributed by atoms with E-state index in [1.807, 2.05) is 0 Å². The van der Waals surface area contributed by atoms with Gasteiger partial charge in [-0.1, -0.05) is 23.2 Å². The number of ether oxygens (including phenoxy) is 1. The molecule has 0 aromatic heterocycles. The molecule has 7 heteroatoms. The summed E-state index contributed by atoms with van der Waals surface area (Å²) in [6, 6.07) is 2.58. The molecule has 0 radical (unpaired) electrons. The SMILES string of the molecule is COC(=O)CSc1cc(N=C(C)Cl)c(F)cc1Cl. The summed E-state index contributed by atoms with van der Waals surface area (Å²) in [5.41, 5.74) is 0.0827. The molecule has 0 spiro atoms. The fourth-order valence-corrected chi connectivity index (χ4v) is 2.26. The summed E-state index contributed by atoms with van der Waals surface area (Å²) in [6.07, 6.45) is 0. The van der Waals surface area contributed by atoms with Gasteiger partial charge >= 0.3 is 5.97 Å². The van der Waals surface area contributed by atoms with Crippen LogP contribution in [0.1, 0.15) is 6.92 Å². The Morgan fingerprint density at radius 2 is 2.22 bits per heavy atom. The van der Waals surface area contributed by atoms with E-state index in [-0.39, 0.29) is 27.6 Å². The molecule has 0 heterocycles. The van der Waals surface area contributed by atoms with E-state index in [1.54, 1.807) is 0 Å². The van der Waals surface area contributed by atoms with Gasteiger partial charge in [0.1, 0.15) is 16.7 Å². The molecule has 0 N–H and O–H groups in total. The molecule has 0 saturated carbocycles. The van der Waals surface area contributed by atoms with Gasteiger partial charge in [-0.3, -0.25) is 4.79 Å². The van der Waals surface area contributed by atoms with Crippen LogP contribution in [0.4, 0.5) is 10.1 Å². The molecule has 0 saturated heterocycles. The zero-order valence-corrected chi connectivity index (χ0v) is 12.0. The second-order valence-corrected chi connectivity index (χ2v) is 5.18. The van der Waals surface area contributed by atoms with E-state index in [0.29, 0.717) is 4.90 Å². The van der Waals surface area contributed by atoms with E-state index in [4.69, 9.17) is 23.2 Å². The molecule has 0 fully saturated rings. The average Bonchev–Trinajstić information content (AvgIpc) is 2.30. The minimum absolute atomic E-state index is 0.0827. The van der Waals surface area contributed by atoms with Gasteiger partial charge in [0.05, 0.1) is 17.9 Å². The Balaban J connectivity index is 2.98. The first-order chi connectivity index (χ1) is 8.43. The van der Waals surface area contributed by atoms with Crippen molar-refractivity contribution in [1.29, 1.82) is 0 Å². The lowest BCUT2D eigenvalue weighted by Crippen LogP contribution is -2.02. The van der Waals surface area contributed by atoms with Crippen LogP contribution in [0.25, 0.3) is 0 Å². The van der Waals surface area contributed by atoms with Crippen LogP contribution in [-0.2, 0) is 9.53 Å². The molecule has 0 aliphatic rings. The van der Waals surface area contributed by atoms with Crippen molar-refractivity contribution in [3.8, 4) is 0 Å². The van der Waals surface area contributed by atoms with E-state index < -0.39 is 5.82 Å². The minimum atomic E-state index is -0.567. The summed E-state index contributed by atoms with van der Waals surface area (Å²) in [5.74, 6) is -0.869. The van der Waals surface area contributed by atoms with E-state index in [9.17, 15) is 9.18 Å². The molecule has 98 valence electrons. The Morgan fingerprint density at radius 1 is 1.56 bits per heavy atom. The zero-order valence-electron chi connectivity index (χ0n) is 9.67. The first kappa shape index (κ1) is 15.3. The highest BCUT2D eigenvalue weighted by atomic mass is 35.5. The highest BCUT2D eigenvalue weighted by Crippen LogP contribution is 2.33. The number of nitrogens with zero attached hydrogens (tertiary/aromatic N) is 1. The third kappa shape index (κ3) is 4.48. The number of thioether (sulfide) groups is 1. The largest absolute Gasteiger partial charge is 0.468 e. The molecule has 18 heavy (non-hydrogen) atoms. The monoisotopic (exact) mass is 309 g/mol. The Bertz CT molecular complexity index is 490. The Morgan fingerprint density at radius 3 is 2.78 bits per heavy atom. The summed E-state index contributed by atoms with van der Waals surface area (Å²) in [4.78, 5) is 15.4.